The Labute approximate surface area is 71.2 Å². The first kappa shape index (κ1) is 8.21. The van der Waals surface area contributed by atoms with Crippen molar-refractivity contribution in [2.45, 2.75) is 6.92 Å². The molecule has 0 saturated heterocycles. The topological polar surface area (TPSA) is 21.3 Å². The molecule has 0 aliphatic rings. The van der Waals surface area contributed by atoms with Crippen LogP contribution in [0.3, 0.4) is 0 Å². The van der Waals surface area contributed by atoms with Gasteiger partial charge in [0.1, 0.15) is 5.75 Å². The lowest BCUT2D eigenvalue weighted by Crippen LogP contribution is -1.90. The number of halogens is 1. The summed E-state index contributed by atoms with van der Waals surface area (Å²) < 4.78 is 5.23. The summed E-state index contributed by atoms with van der Waals surface area (Å²) >= 11 is 5.37. The number of hydrogen-bond acceptors (Lipinski definition) is 2. The molecule has 1 aromatic carbocycles. The lowest BCUT2D eigenvalue weighted by atomic mass is 10.3. The second-order valence-corrected chi connectivity index (χ2v) is 2.24. The van der Waals surface area contributed by atoms with Gasteiger partial charge < -0.3 is 4.74 Å². The van der Waals surface area contributed by atoms with Gasteiger partial charge in [-0.1, -0.05) is 0 Å². The summed E-state index contributed by atoms with van der Waals surface area (Å²) in [6.07, 6.45) is 0. The monoisotopic (exact) mass is 171 g/mol. The highest BCUT2D eigenvalue weighted by Crippen LogP contribution is 2.15. The van der Waals surface area contributed by atoms with Crippen LogP contribution in [-0.4, -0.2) is 6.61 Å². The fraction of sp³-hybridized carbons (Fsp3) is 0.250. The minimum atomic E-state index is 0.688. The Balaban J connectivity index is 2.66. The predicted molar refractivity (Wildman–Crippen MR) is 47.1 cm³/mol. The summed E-state index contributed by atoms with van der Waals surface area (Å²) in [6, 6.07) is 7.46. The predicted octanol–water partition coefficient (Wildman–Crippen LogP) is 2.65. The van der Waals surface area contributed by atoms with E-state index in [0.29, 0.717) is 6.61 Å². The molecule has 0 unspecified atom stereocenters. The molecule has 1 rings (SSSR count). The highest BCUT2D eigenvalue weighted by atomic mass is 35.5. The average Bonchev–Trinajstić information content (AvgIpc) is 2.07. The van der Waals surface area contributed by atoms with Gasteiger partial charge in [-0.05, 0) is 31.2 Å². The summed E-state index contributed by atoms with van der Waals surface area (Å²) in [5.74, 6) is 0.864. The van der Waals surface area contributed by atoms with E-state index in [9.17, 15) is 0 Å². The first-order valence-electron chi connectivity index (χ1n) is 3.46. The van der Waals surface area contributed by atoms with E-state index in [4.69, 9.17) is 16.5 Å². The van der Waals surface area contributed by atoms with Crippen LogP contribution in [0, 0.1) is 0 Å². The highest BCUT2D eigenvalue weighted by Gasteiger charge is 1.91. The summed E-state index contributed by atoms with van der Waals surface area (Å²) in [5, 5.41) is 0. The summed E-state index contributed by atoms with van der Waals surface area (Å²) in [5.41, 5.74) is 0.870. The van der Waals surface area contributed by atoms with Crippen LogP contribution in [-0.2, 0) is 0 Å². The van der Waals surface area contributed by atoms with Crippen LogP contribution < -0.4 is 9.57 Å². The maximum Gasteiger partial charge on any atom is 0.119 e. The van der Waals surface area contributed by atoms with Gasteiger partial charge in [0, 0.05) is 17.5 Å². The van der Waals surface area contributed by atoms with Gasteiger partial charge in [0.25, 0.3) is 0 Å². The van der Waals surface area contributed by atoms with E-state index in [1.165, 1.54) is 0 Å². The van der Waals surface area contributed by atoms with Crippen LogP contribution in [0.1, 0.15) is 6.92 Å². The van der Waals surface area contributed by atoms with E-state index >= 15 is 0 Å². The number of rotatable bonds is 3. The summed E-state index contributed by atoms with van der Waals surface area (Å²) in [4.78, 5) is 2.51. The fourth-order valence-corrected chi connectivity index (χ4v) is 0.907. The van der Waals surface area contributed by atoms with E-state index in [-0.39, 0.29) is 0 Å². The Morgan fingerprint density at radius 2 is 2.00 bits per heavy atom. The Bertz CT molecular complexity index is 210. The normalized spacial score (nSPS) is 9.27. The van der Waals surface area contributed by atoms with E-state index < -0.39 is 0 Å². The second-order valence-electron chi connectivity index (χ2n) is 2.05. The average molecular weight is 172 g/mol. The third kappa shape index (κ3) is 2.31. The molecule has 0 atom stereocenters. The van der Waals surface area contributed by atoms with Gasteiger partial charge in [-0.25, -0.2) is 0 Å². The minimum Gasteiger partial charge on any atom is -0.494 e. The van der Waals surface area contributed by atoms with Gasteiger partial charge >= 0.3 is 0 Å². The molecule has 3 heteroatoms. The molecule has 0 spiro atoms. The van der Waals surface area contributed by atoms with Crippen LogP contribution in [0.15, 0.2) is 24.3 Å². The molecule has 1 N–H and O–H groups in total. The minimum absolute atomic E-state index is 0.688. The maximum absolute atomic E-state index is 5.37. The fourth-order valence-electron chi connectivity index (χ4n) is 0.781. The standard InChI is InChI=1S/C8H10ClNO/c1-2-11-8-5-3-7(10-9)4-6-8/h3-6,10H,2H2,1H3. The zero-order valence-corrected chi connectivity index (χ0v) is 7.06. The highest BCUT2D eigenvalue weighted by molar-refractivity contribution is 6.23. The van der Waals surface area contributed by atoms with Crippen LogP contribution in [0.4, 0.5) is 5.69 Å². The zero-order valence-electron chi connectivity index (χ0n) is 6.30. The molecule has 60 valence electrons. The Morgan fingerprint density at radius 3 is 2.45 bits per heavy atom. The molecule has 0 aliphatic carbocycles. The van der Waals surface area contributed by atoms with E-state index in [2.05, 4.69) is 4.84 Å². The third-order valence-corrected chi connectivity index (χ3v) is 1.49. The number of ether oxygens (including phenoxy) is 1. The van der Waals surface area contributed by atoms with Crippen molar-refractivity contribution in [2.24, 2.45) is 0 Å². The molecule has 0 fully saturated rings. The molecule has 0 amide bonds. The smallest absolute Gasteiger partial charge is 0.119 e. The Morgan fingerprint density at radius 1 is 1.36 bits per heavy atom. The number of nitrogens with one attached hydrogen (secondary N) is 1. The molecule has 0 bridgehead atoms. The lowest BCUT2D eigenvalue weighted by molar-refractivity contribution is 0.340. The van der Waals surface area contributed by atoms with Crippen LogP contribution in [0.2, 0.25) is 0 Å². The van der Waals surface area contributed by atoms with Crippen molar-refractivity contribution < 1.29 is 4.74 Å². The first-order valence-corrected chi connectivity index (χ1v) is 3.84. The largest absolute Gasteiger partial charge is 0.494 e. The van der Waals surface area contributed by atoms with E-state index in [0.717, 1.165) is 11.4 Å². The molecule has 0 radical (unpaired) electrons. The summed E-state index contributed by atoms with van der Waals surface area (Å²) in [7, 11) is 0. The number of benzene rings is 1. The third-order valence-electron chi connectivity index (χ3n) is 1.27. The SMILES string of the molecule is CCOc1ccc(NCl)cc1. The quantitative estimate of drug-likeness (QED) is 0.706. The van der Waals surface area contributed by atoms with Crippen molar-refractivity contribution in [1.82, 2.24) is 0 Å². The van der Waals surface area contributed by atoms with E-state index in [1.807, 2.05) is 31.2 Å². The summed E-state index contributed by atoms with van der Waals surface area (Å²) in [6.45, 7) is 2.64. The Kier molecular flexibility index (Phi) is 3.05. The molecule has 0 saturated carbocycles. The van der Waals surface area contributed by atoms with Crippen LogP contribution in [0.5, 0.6) is 5.75 Å². The Hall–Kier alpha value is -0.890. The van der Waals surface area contributed by atoms with Gasteiger partial charge in [0.05, 0.1) is 6.61 Å². The molecular formula is C8H10ClNO. The number of anilines is 1. The van der Waals surface area contributed by atoms with Gasteiger partial charge in [-0.15, -0.1) is 0 Å². The zero-order chi connectivity index (χ0) is 8.10. The molecule has 0 aromatic heterocycles. The van der Waals surface area contributed by atoms with Gasteiger partial charge in [-0.2, -0.15) is 0 Å². The van der Waals surface area contributed by atoms with Gasteiger partial charge in [0.2, 0.25) is 0 Å². The van der Waals surface area contributed by atoms with Crippen molar-refractivity contribution in [3.05, 3.63) is 24.3 Å². The van der Waals surface area contributed by atoms with Crippen molar-refractivity contribution in [3.8, 4) is 5.75 Å². The molecule has 1 aromatic rings. The lowest BCUT2D eigenvalue weighted by Gasteiger charge is -2.02. The first-order chi connectivity index (χ1) is 5.36. The van der Waals surface area contributed by atoms with Crippen molar-refractivity contribution in [1.29, 1.82) is 0 Å². The van der Waals surface area contributed by atoms with Crippen molar-refractivity contribution in [3.63, 3.8) is 0 Å². The van der Waals surface area contributed by atoms with Crippen LogP contribution >= 0.6 is 11.8 Å². The molecule has 2 nitrogen and oxygen atoms in total. The van der Waals surface area contributed by atoms with Crippen molar-refractivity contribution in [2.75, 3.05) is 11.4 Å². The number of hydrogen-bond donors (Lipinski definition) is 1. The van der Waals surface area contributed by atoms with Gasteiger partial charge in [-0.3, -0.25) is 4.84 Å². The van der Waals surface area contributed by atoms with Crippen LogP contribution in [0.25, 0.3) is 0 Å². The van der Waals surface area contributed by atoms with E-state index in [1.54, 1.807) is 0 Å². The van der Waals surface area contributed by atoms with Crippen molar-refractivity contribution >= 4 is 17.5 Å². The molecular weight excluding hydrogens is 162 g/mol. The maximum atomic E-state index is 5.37. The molecule has 11 heavy (non-hydrogen) atoms. The molecule has 0 heterocycles. The molecule has 0 aliphatic heterocycles. The van der Waals surface area contributed by atoms with Gasteiger partial charge in [0.15, 0.2) is 0 Å². The second kappa shape index (κ2) is 4.09.